The van der Waals surface area contributed by atoms with Crippen LogP contribution in [0.1, 0.15) is 22.3 Å². The molecule has 0 bridgehead atoms. The van der Waals surface area contributed by atoms with Crippen molar-refractivity contribution in [2.24, 2.45) is 0 Å². The first-order valence-electron chi connectivity index (χ1n) is 9.05. The molecule has 0 fully saturated rings. The number of nitrogens with zero attached hydrogens (tertiary/aromatic N) is 2. The number of fused-ring (bicyclic) bond motifs is 1. The summed E-state index contributed by atoms with van der Waals surface area (Å²) < 4.78 is 0. The van der Waals surface area contributed by atoms with Crippen molar-refractivity contribution >= 4 is 39.7 Å². The number of carbonyl (C=O) groups excluding carboxylic acids is 1. The molecule has 1 amide bonds. The van der Waals surface area contributed by atoms with Crippen LogP contribution in [-0.2, 0) is 0 Å². The summed E-state index contributed by atoms with van der Waals surface area (Å²) >= 11 is 6.16. The molecule has 1 N–H and O–H groups in total. The van der Waals surface area contributed by atoms with Crippen LogP contribution in [0.25, 0.3) is 16.5 Å². The fraction of sp³-hybridized carbons (Fsp3) is 0.227. The van der Waals surface area contributed by atoms with Crippen LogP contribution in [0, 0.1) is 0 Å². The largest absolute Gasteiger partial charge is 0.378 e. The Morgan fingerprint density at radius 2 is 2.04 bits per heavy atom. The zero-order chi connectivity index (χ0) is 19.0. The van der Waals surface area contributed by atoms with E-state index in [2.05, 4.69) is 11.1 Å². The highest BCUT2D eigenvalue weighted by molar-refractivity contribution is 6.31. The van der Waals surface area contributed by atoms with Gasteiger partial charge in [-0.05, 0) is 48.4 Å². The lowest BCUT2D eigenvalue weighted by molar-refractivity contribution is 0.0773. The molecule has 0 saturated carbocycles. The van der Waals surface area contributed by atoms with Crippen molar-refractivity contribution in [3.63, 3.8) is 0 Å². The zero-order valence-corrected chi connectivity index (χ0v) is 16.3. The molecule has 0 atom stereocenters. The molecule has 5 heteroatoms. The van der Waals surface area contributed by atoms with Gasteiger partial charge in [0.25, 0.3) is 5.91 Å². The van der Waals surface area contributed by atoms with Gasteiger partial charge in [0.15, 0.2) is 0 Å². The Balaban J connectivity index is 1.55. The molecule has 0 radical (unpaired) electrons. The number of H-pyrrole nitrogens is 1. The topological polar surface area (TPSA) is 39.3 Å². The molecule has 0 aliphatic carbocycles. The molecule has 2 aromatic carbocycles. The number of hydrogen-bond acceptors (Lipinski definition) is 2. The summed E-state index contributed by atoms with van der Waals surface area (Å²) in [6, 6.07) is 13.7. The van der Waals surface area contributed by atoms with E-state index in [1.807, 2.05) is 72.6 Å². The lowest BCUT2D eigenvalue weighted by Gasteiger charge is -2.27. The normalized spacial score (nSPS) is 14.3. The summed E-state index contributed by atoms with van der Waals surface area (Å²) in [6.45, 7) is 1.33. The van der Waals surface area contributed by atoms with Crippen LogP contribution in [0.2, 0.25) is 5.02 Å². The number of carbonyl (C=O) groups is 1. The number of halogens is 1. The first kappa shape index (κ1) is 17.7. The number of aromatic amines is 1. The van der Waals surface area contributed by atoms with E-state index in [0.717, 1.165) is 33.6 Å². The minimum absolute atomic E-state index is 0.0796. The Morgan fingerprint density at radius 3 is 2.78 bits per heavy atom. The molecule has 138 valence electrons. The maximum absolute atomic E-state index is 12.9. The second kappa shape index (κ2) is 7.12. The Bertz CT molecular complexity index is 1030. The maximum Gasteiger partial charge on any atom is 0.254 e. The van der Waals surface area contributed by atoms with Gasteiger partial charge in [-0.25, -0.2) is 0 Å². The van der Waals surface area contributed by atoms with Gasteiger partial charge >= 0.3 is 0 Å². The molecule has 0 unspecified atom stereocenters. The molecule has 1 aromatic heterocycles. The van der Waals surface area contributed by atoms with Gasteiger partial charge in [-0.1, -0.05) is 23.7 Å². The summed E-state index contributed by atoms with van der Waals surface area (Å²) in [5.41, 5.74) is 5.28. The molecule has 0 spiro atoms. The van der Waals surface area contributed by atoms with E-state index in [1.54, 1.807) is 0 Å². The van der Waals surface area contributed by atoms with Crippen LogP contribution < -0.4 is 4.90 Å². The highest BCUT2D eigenvalue weighted by Gasteiger charge is 2.21. The van der Waals surface area contributed by atoms with Crippen molar-refractivity contribution in [2.45, 2.75) is 6.42 Å². The summed E-state index contributed by atoms with van der Waals surface area (Å²) in [6.07, 6.45) is 5.02. The fourth-order valence-corrected chi connectivity index (χ4v) is 3.73. The monoisotopic (exact) mass is 379 g/mol. The Morgan fingerprint density at radius 1 is 1.19 bits per heavy atom. The Hall–Kier alpha value is -2.72. The van der Waals surface area contributed by atoms with Crippen molar-refractivity contribution in [2.75, 3.05) is 32.1 Å². The van der Waals surface area contributed by atoms with Gasteiger partial charge in [0, 0.05) is 66.1 Å². The van der Waals surface area contributed by atoms with Crippen molar-refractivity contribution in [3.05, 3.63) is 70.9 Å². The minimum Gasteiger partial charge on any atom is -0.378 e. The highest BCUT2D eigenvalue weighted by Crippen LogP contribution is 2.31. The van der Waals surface area contributed by atoms with Crippen LogP contribution in [0.4, 0.5) is 5.69 Å². The Labute approximate surface area is 164 Å². The van der Waals surface area contributed by atoms with Crippen LogP contribution in [0.15, 0.2) is 54.7 Å². The molecule has 4 rings (SSSR count). The number of rotatable bonds is 3. The minimum atomic E-state index is 0.0796. The van der Waals surface area contributed by atoms with E-state index >= 15 is 0 Å². The lowest BCUT2D eigenvalue weighted by atomic mass is 9.98. The van der Waals surface area contributed by atoms with Gasteiger partial charge < -0.3 is 14.8 Å². The van der Waals surface area contributed by atoms with E-state index in [1.165, 1.54) is 11.1 Å². The second-order valence-corrected chi connectivity index (χ2v) is 7.50. The number of anilines is 1. The second-order valence-electron chi connectivity index (χ2n) is 7.07. The van der Waals surface area contributed by atoms with E-state index in [0.29, 0.717) is 13.1 Å². The van der Waals surface area contributed by atoms with Crippen LogP contribution in [0.3, 0.4) is 0 Å². The number of nitrogens with one attached hydrogen (secondary N) is 1. The van der Waals surface area contributed by atoms with Crippen molar-refractivity contribution in [1.82, 2.24) is 9.88 Å². The standard InChI is InChI=1S/C22H22ClN3O/c1-25(2)18-5-3-4-16(12-18)22(27)26-10-8-15(9-11-26)20-14-24-21-7-6-17(23)13-19(20)21/h3-8,12-14,24H,9-11H2,1-2H3. The molecule has 1 aliphatic heterocycles. The number of benzene rings is 2. The van der Waals surface area contributed by atoms with Gasteiger partial charge in [-0.2, -0.15) is 0 Å². The molecular formula is C22H22ClN3O. The predicted octanol–water partition coefficient (Wildman–Crippen LogP) is 4.82. The SMILES string of the molecule is CN(C)c1cccc(C(=O)N2CC=C(c3c[nH]c4ccc(Cl)cc34)CC2)c1. The third-order valence-electron chi connectivity index (χ3n) is 5.10. The van der Waals surface area contributed by atoms with Gasteiger partial charge in [-0.15, -0.1) is 0 Å². The third kappa shape index (κ3) is 3.45. The summed E-state index contributed by atoms with van der Waals surface area (Å²) in [7, 11) is 3.96. The van der Waals surface area contributed by atoms with E-state index in [9.17, 15) is 4.79 Å². The molecule has 2 heterocycles. The van der Waals surface area contributed by atoms with Crippen LogP contribution in [0.5, 0.6) is 0 Å². The van der Waals surface area contributed by atoms with E-state index < -0.39 is 0 Å². The molecular weight excluding hydrogens is 358 g/mol. The Kier molecular flexibility index (Phi) is 4.66. The lowest BCUT2D eigenvalue weighted by Crippen LogP contribution is -2.34. The third-order valence-corrected chi connectivity index (χ3v) is 5.33. The molecule has 4 nitrogen and oxygen atoms in total. The molecule has 1 aliphatic rings. The molecule has 3 aromatic rings. The van der Waals surface area contributed by atoms with Gasteiger partial charge in [0.05, 0.1) is 0 Å². The smallest absolute Gasteiger partial charge is 0.254 e. The summed E-state index contributed by atoms with van der Waals surface area (Å²) in [5.74, 6) is 0.0796. The van der Waals surface area contributed by atoms with E-state index in [-0.39, 0.29) is 5.91 Å². The fourth-order valence-electron chi connectivity index (χ4n) is 3.56. The zero-order valence-electron chi connectivity index (χ0n) is 15.5. The predicted molar refractivity (Wildman–Crippen MR) is 113 cm³/mol. The van der Waals surface area contributed by atoms with Gasteiger partial charge in [-0.3, -0.25) is 4.79 Å². The van der Waals surface area contributed by atoms with Crippen molar-refractivity contribution < 1.29 is 4.79 Å². The van der Waals surface area contributed by atoms with Crippen molar-refractivity contribution in [1.29, 1.82) is 0 Å². The van der Waals surface area contributed by atoms with Gasteiger partial charge in [0.2, 0.25) is 0 Å². The number of amides is 1. The number of aromatic nitrogens is 1. The summed E-state index contributed by atoms with van der Waals surface area (Å²) in [4.78, 5) is 20.1. The maximum atomic E-state index is 12.9. The van der Waals surface area contributed by atoms with Crippen LogP contribution >= 0.6 is 11.6 Å². The quantitative estimate of drug-likeness (QED) is 0.708. The summed E-state index contributed by atoms with van der Waals surface area (Å²) in [5, 5.41) is 1.87. The first-order valence-corrected chi connectivity index (χ1v) is 9.43. The average molecular weight is 380 g/mol. The van der Waals surface area contributed by atoms with Crippen molar-refractivity contribution in [3.8, 4) is 0 Å². The molecule has 0 saturated heterocycles. The first-order chi connectivity index (χ1) is 13.0. The average Bonchev–Trinajstić information content (AvgIpc) is 3.10. The van der Waals surface area contributed by atoms with E-state index in [4.69, 9.17) is 11.6 Å². The number of hydrogen-bond donors (Lipinski definition) is 1. The van der Waals surface area contributed by atoms with Gasteiger partial charge in [0.1, 0.15) is 0 Å². The highest BCUT2D eigenvalue weighted by atomic mass is 35.5. The van der Waals surface area contributed by atoms with Crippen LogP contribution in [-0.4, -0.2) is 43.0 Å². The molecule has 27 heavy (non-hydrogen) atoms.